The first-order valence-electron chi connectivity index (χ1n) is 5.85. The molecular weight excluding hydrogens is 280 g/mol. The Morgan fingerprint density at radius 3 is 2.68 bits per heavy atom. The van der Waals surface area contributed by atoms with Crippen LogP contribution in [0.5, 0.6) is 0 Å². The highest BCUT2D eigenvalue weighted by molar-refractivity contribution is 7.10. The quantitative estimate of drug-likeness (QED) is 0.939. The summed E-state index contributed by atoms with van der Waals surface area (Å²) < 4.78 is 0. The van der Waals surface area contributed by atoms with Gasteiger partial charge in [0.15, 0.2) is 0 Å². The predicted molar refractivity (Wildman–Crippen MR) is 77.4 cm³/mol. The van der Waals surface area contributed by atoms with Gasteiger partial charge in [-0.25, -0.2) is 9.97 Å². The summed E-state index contributed by atoms with van der Waals surface area (Å²) in [5.41, 5.74) is 7.10. The van der Waals surface area contributed by atoms with Crippen LogP contribution in [0.1, 0.15) is 39.2 Å². The van der Waals surface area contributed by atoms with Gasteiger partial charge < -0.3 is 10.6 Å². The van der Waals surface area contributed by atoms with E-state index in [-0.39, 0.29) is 11.9 Å². The number of carbonyl (C=O) groups excluding carboxylic acids is 1. The molecule has 1 unspecified atom stereocenters. The van der Waals surface area contributed by atoms with Gasteiger partial charge in [0.2, 0.25) is 0 Å². The molecule has 0 saturated carbocycles. The van der Waals surface area contributed by atoms with Crippen LogP contribution in [0.3, 0.4) is 0 Å². The third-order valence-electron chi connectivity index (χ3n) is 2.54. The predicted octanol–water partition coefficient (Wildman–Crippen LogP) is 2.20. The summed E-state index contributed by atoms with van der Waals surface area (Å²) in [5.74, 6) is -0.103. The zero-order valence-electron chi connectivity index (χ0n) is 11.1. The van der Waals surface area contributed by atoms with Crippen LogP contribution in [0.2, 0.25) is 0 Å². The van der Waals surface area contributed by atoms with Crippen molar-refractivity contribution in [2.24, 2.45) is 5.73 Å². The van der Waals surface area contributed by atoms with Gasteiger partial charge in [-0.2, -0.15) is 0 Å². The largest absolute Gasteiger partial charge is 0.334 e. The molecule has 2 aromatic heterocycles. The van der Waals surface area contributed by atoms with Crippen molar-refractivity contribution in [3.05, 3.63) is 32.2 Å². The van der Waals surface area contributed by atoms with Crippen molar-refractivity contribution < 1.29 is 4.79 Å². The van der Waals surface area contributed by atoms with E-state index in [1.165, 1.54) is 11.3 Å². The molecule has 0 aliphatic heterocycles. The average Bonchev–Trinajstić information content (AvgIpc) is 2.97. The van der Waals surface area contributed by atoms with Gasteiger partial charge in [0, 0.05) is 17.8 Å². The average molecular weight is 296 g/mol. The van der Waals surface area contributed by atoms with Crippen molar-refractivity contribution in [2.75, 3.05) is 7.05 Å². The summed E-state index contributed by atoms with van der Waals surface area (Å²) in [5, 5.41) is 5.50. The molecule has 0 aliphatic carbocycles. The Morgan fingerprint density at radius 2 is 2.16 bits per heavy atom. The standard InChI is InChI=1S/C12H16N4OS2/c1-7(13)11-15-10(6-19-11)12(17)16(3)4-9-5-18-8(2)14-9/h5-7H,4,13H2,1-3H3. The van der Waals surface area contributed by atoms with E-state index < -0.39 is 0 Å². The van der Waals surface area contributed by atoms with E-state index in [9.17, 15) is 4.79 Å². The summed E-state index contributed by atoms with van der Waals surface area (Å²) >= 11 is 3.00. The van der Waals surface area contributed by atoms with Gasteiger partial charge in [0.1, 0.15) is 10.7 Å². The summed E-state index contributed by atoms with van der Waals surface area (Å²) in [4.78, 5) is 22.4. The SMILES string of the molecule is Cc1nc(CN(C)C(=O)c2csc(C(C)N)n2)cs1. The van der Waals surface area contributed by atoms with E-state index in [0.29, 0.717) is 12.2 Å². The van der Waals surface area contributed by atoms with Crippen LogP contribution in [0, 0.1) is 6.92 Å². The van der Waals surface area contributed by atoms with Crippen molar-refractivity contribution in [3.8, 4) is 0 Å². The number of thiazole rings is 2. The van der Waals surface area contributed by atoms with Crippen molar-refractivity contribution >= 4 is 28.6 Å². The number of aromatic nitrogens is 2. The molecule has 0 saturated heterocycles. The summed E-state index contributed by atoms with van der Waals surface area (Å²) in [6.07, 6.45) is 0. The second-order valence-corrected chi connectivity index (χ2v) is 6.33. The molecule has 1 atom stereocenters. The first-order chi connectivity index (χ1) is 8.97. The van der Waals surface area contributed by atoms with E-state index in [1.54, 1.807) is 28.7 Å². The van der Waals surface area contributed by atoms with Crippen LogP contribution >= 0.6 is 22.7 Å². The minimum Gasteiger partial charge on any atom is -0.334 e. The van der Waals surface area contributed by atoms with E-state index in [4.69, 9.17) is 5.73 Å². The van der Waals surface area contributed by atoms with Gasteiger partial charge in [-0.1, -0.05) is 0 Å². The third kappa shape index (κ3) is 3.37. The molecule has 0 spiro atoms. The Kier molecular flexibility index (Phi) is 4.28. The van der Waals surface area contributed by atoms with Crippen molar-refractivity contribution in [1.29, 1.82) is 0 Å². The number of hydrogen-bond acceptors (Lipinski definition) is 6. The molecule has 5 nitrogen and oxygen atoms in total. The molecule has 1 amide bonds. The fourth-order valence-corrected chi connectivity index (χ4v) is 2.94. The van der Waals surface area contributed by atoms with Gasteiger partial charge in [0.25, 0.3) is 5.91 Å². The molecule has 0 aromatic carbocycles. The lowest BCUT2D eigenvalue weighted by atomic mass is 10.3. The van der Waals surface area contributed by atoms with E-state index in [0.717, 1.165) is 15.7 Å². The Morgan fingerprint density at radius 1 is 1.42 bits per heavy atom. The van der Waals surface area contributed by atoms with Crippen LogP contribution in [-0.2, 0) is 6.54 Å². The number of nitrogens with two attached hydrogens (primary N) is 1. The highest BCUT2D eigenvalue weighted by atomic mass is 32.1. The second kappa shape index (κ2) is 5.77. The molecule has 102 valence electrons. The number of carbonyl (C=O) groups is 1. The first kappa shape index (κ1) is 14.1. The van der Waals surface area contributed by atoms with Gasteiger partial charge in [-0.3, -0.25) is 4.79 Å². The van der Waals surface area contributed by atoms with E-state index >= 15 is 0 Å². The molecule has 2 N–H and O–H groups in total. The minimum absolute atomic E-state index is 0.103. The molecular formula is C12H16N4OS2. The van der Waals surface area contributed by atoms with Crippen LogP contribution in [0.15, 0.2) is 10.8 Å². The van der Waals surface area contributed by atoms with Gasteiger partial charge in [0.05, 0.1) is 23.3 Å². The molecule has 0 aliphatic rings. The van der Waals surface area contributed by atoms with Gasteiger partial charge >= 0.3 is 0 Å². The number of nitrogens with zero attached hydrogens (tertiary/aromatic N) is 3. The molecule has 2 heterocycles. The summed E-state index contributed by atoms with van der Waals surface area (Å²) in [6, 6.07) is -0.141. The highest BCUT2D eigenvalue weighted by Crippen LogP contribution is 2.17. The Bertz CT molecular complexity index is 576. The van der Waals surface area contributed by atoms with E-state index in [2.05, 4.69) is 9.97 Å². The molecule has 7 heteroatoms. The zero-order chi connectivity index (χ0) is 14.0. The molecule has 0 radical (unpaired) electrons. The van der Waals surface area contributed by atoms with Crippen LogP contribution in [0.4, 0.5) is 0 Å². The Hall–Kier alpha value is -1.31. The highest BCUT2D eigenvalue weighted by Gasteiger charge is 2.17. The third-order valence-corrected chi connectivity index (χ3v) is 4.41. The maximum absolute atomic E-state index is 12.2. The monoisotopic (exact) mass is 296 g/mol. The smallest absolute Gasteiger partial charge is 0.273 e. The number of rotatable bonds is 4. The number of amides is 1. The van der Waals surface area contributed by atoms with E-state index in [1.807, 2.05) is 19.2 Å². The first-order valence-corrected chi connectivity index (χ1v) is 7.60. The minimum atomic E-state index is -0.141. The maximum Gasteiger partial charge on any atom is 0.273 e. The van der Waals surface area contributed by atoms with Crippen LogP contribution < -0.4 is 5.73 Å². The lowest BCUT2D eigenvalue weighted by molar-refractivity contribution is 0.0778. The molecule has 2 rings (SSSR count). The lowest BCUT2D eigenvalue weighted by Crippen LogP contribution is -2.26. The zero-order valence-corrected chi connectivity index (χ0v) is 12.7. The number of aryl methyl sites for hydroxylation is 1. The lowest BCUT2D eigenvalue weighted by Gasteiger charge is -2.14. The molecule has 0 fully saturated rings. The van der Waals surface area contributed by atoms with Crippen molar-refractivity contribution in [3.63, 3.8) is 0 Å². The molecule has 19 heavy (non-hydrogen) atoms. The normalized spacial score (nSPS) is 12.4. The van der Waals surface area contributed by atoms with Gasteiger partial charge in [-0.15, -0.1) is 22.7 Å². The Balaban J connectivity index is 2.05. The van der Waals surface area contributed by atoms with Crippen molar-refractivity contribution in [2.45, 2.75) is 26.4 Å². The number of hydrogen-bond donors (Lipinski definition) is 1. The van der Waals surface area contributed by atoms with Crippen LogP contribution in [0.25, 0.3) is 0 Å². The Labute approximate surface area is 120 Å². The second-order valence-electron chi connectivity index (χ2n) is 4.38. The summed E-state index contributed by atoms with van der Waals surface area (Å²) in [7, 11) is 1.75. The van der Waals surface area contributed by atoms with Gasteiger partial charge in [-0.05, 0) is 13.8 Å². The maximum atomic E-state index is 12.2. The topological polar surface area (TPSA) is 72.1 Å². The summed E-state index contributed by atoms with van der Waals surface area (Å²) in [6.45, 7) is 4.30. The molecule has 2 aromatic rings. The van der Waals surface area contributed by atoms with Crippen LogP contribution in [-0.4, -0.2) is 27.8 Å². The molecule has 0 bridgehead atoms. The fraction of sp³-hybridized carbons (Fsp3) is 0.417. The van der Waals surface area contributed by atoms with Crippen molar-refractivity contribution in [1.82, 2.24) is 14.9 Å². The fourth-order valence-electron chi connectivity index (χ4n) is 1.59.